The zero-order valence-electron chi connectivity index (χ0n) is 11.9. The van der Waals surface area contributed by atoms with Crippen LogP contribution in [0.1, 0.15) is 18.2 Å². The molecule has 1 aliphatic heterocycles. The van der Waals surface area contributed by atoms with Crippen LogP contribution in [-0.4, -0.2) is 21.8 Å². The lowest BCUT2D eigenvalue weighted by molar-refractivity contribution is -0.131. The Kier molecular flexibility index (Phi) is 3.58. The second-order valence-electron chi connectivity index (χ2n) is 5.25. The van der Waals surface area contributed by atoms with E-state index in [1.807, 2.05) is 6.07 Å². The van der Waals surface area contributed by atoms with Gasteiger partial charge in [-0.15, -0.1) is 0 Å². The Hall–Kier alpha value is -2.40. The van der Waals surface area contributed by atoms with Crippen molar-refractivity contribution in [3.63, 3.8) is 0 Å². The largest absolute Gasteiger partial charge is 0.325 e. The van der Waals surface area contributed by atoms with E-state index in [1.165, 1.54) is 0 Å². The average molecular weight is 316 g/mol. The maximum Gasteiger partial charge on any atom is 0.325 e. The molecule has 0 unspecified atom stereocenters. The van der Waals surface area contributed by atoms with Crippen molar-refractivity contribution in [2.45, 2.75) is 19.0 Å². The molecule has 1 aliphatic rings. The normalized spacial score (nSPS) is 21.1. The maximum absolute atomic E-state index is 12.7. The number of benzene rings is 1. The minimum absolute atomic E-state index is 0.132. The SMILES string of the molecule is C[C@@]1(c2ccccn2)NC(=O)N(Cc2ccccc2Cl)C1=O. The fourth-order valence-electron chi connectivity index (χ4n) is 2.47. The van der Waals surface area contributed by atoms with Crippen LogP contribution in [0.25, 0.3) is 0 Å². The van der Waals surface area contributed by atoms with Gasteiger partial charge in [0.25, 0.3) is 5.91 Å². The summed E-state index contributed by atoms with van der Waals surface area (Å²) in [6, 6.07) is 12.0. The summed E-state index contributed by atoms with van der Waals surface area (Å²) in [7, 11) is 0. The van der Waals surface area contributed by atoms with Crippen molar-refractivity contribution in [3.05, 3.63) is 64.9 Å². The molecule has 112 valence electrons. The summed E-state index contributed by atoms with van der Waals surface area (Å²) >= 11 is 6.10. The first-order valence-corrected chi connectivity index (χ1v) is 7.19. The van der Waals surface area contributed by atoms with E-state index < -0.39 is 11.6 Å². The Morgan fingerprint density at radius 3 is 2.59 bits per heavy atom. The molecule has 0 aliphatic carbocycles. The van der Waals surface area contributed by atoms with Crippen LogP contribution < -0.4 is 5.32 Å². The van der Waals surface area contributed by atoms with Crippen LogP contribution in [0, 0.1) is 0 Å². The van der Waals surface area contributed by atoms with Crippen molar-refractivity contribution in [2.75, 3.05) is 0 Å². The predicted octanol–water partition coefficient (Wildman–Crippen LogP) is 2.70. The third-order valence-electron chi connectivity index (χ3n) is 3.74. The van der Waals surface area contributed by atoms with Crippen LogP contribution >= 0.6 is 11.6 Å². The molecule has 1 N–H and O–H groups in total. The van der Waals surface area contributed by atoms with Gasteiger partial charge in [-0.05, 0) is 30.7 Å². The summed E-state index contributed by atoms with van der Waals surface area (Å²) in [4.78, 5) is 30.3. The van der Waals surface area contributed by atoms with Gasteiger partial charge in [0.2, 0.25) is 0 Å². The first kappa shape index (κ1) is 14.5. The zero-order chi connectivity index (χ0) is 15.7. The van der Waals surface area contributed by atoms with Crippen LogP contribution in [-0.2, 0) is 16.9 Å². The van der Waals surface area contributed by atoms with Crippen molar-refractivity contribution < 1.29 is 9.59 Å². The van der Waals surface area contributed by atoms with Crippen LogP contribution in [0.2, 0.25) is 5.02 Å². The van der Waals surface area contributed by atoms with E-state index in [4.69, 9.17) is 11.6 Å². The number of imide groups is 1. The highest BCUT2D eigenvalue weighted by Gasteiger charge is 2.49. The smallest absolute Gasteiger partial charge is 0.318 e. The summed E-state index contributed by atoms with van der Waals surface area (Å²) in [6.45, 7) is 1.79. The number of urea groups is 1. The Morgan fingerprint density at radius 2 is 1.91 bits per heavy atom. The van der Waals surface area contributed by atoms with Crippen LogP contribution in [0.15, 0.2) is 48.7 Å². The number of carbonyl (C=O) groups excluding carboxylic acids is 2. The van der Waals surface area contributed by atoms with Gasteiger partial charge in [0.1, 0.15) is 0 Å². The molecule has 0 bridgehead atoms. The molecule has 1 saturated heterocycles. The van der Waals surface area contributed by atoms with E-state index in [1.54, 1.807) is 49.5 Å². The number of hydrogen-bond acceptors (Lipinski definition) is 3. The van der Waals surface area contributed by atoms with Gasteiger partial charge >= 0.3 is 6.03 Å². The topological polar surface area (TPSA) is 62.3 Å². The average Bonchev–Trinajstić information content (AvgIpc) is 2.75. The maximum atomic E-state index is 12.7. The first-order chi connectivity index (χ1) is 10.5. The second-order valence-corrected chi connectivity index (χ2v) is 5.66. The number of amides is 3. The summed E-state index contributed by atoms with van der Waals surface area (Å²) < 4.78 is 0. The van der Waals surface area contributed by atoms with Gasteiger partial charge in [-0.2, -0.15) is 0 Å². The van der Waals surface area contributed by atoms with Gasteiger partial charge in [-0.1, -0.05) is 35.9 Å². The molecule has 3 rings (SSSR count). The zero-order valence-corrected chi connectivity index (χ0v) is 12.7. The number of hydrogen-bond donors (Lipinski definition) is 1. The lowest BCUT2D eigenvalue weighted by Gasteiger charge is -2.21. The third kappa shape index (κ3) is 2.33. The highest BCUT2D eigenvalue weighted by molar-refractivity contribution is 6.31. The lowest BCUT2D eigenvalue weighted by atomic mass is 9.97. The van der Waals surface area contributed by atoms with Crippen molar-refractivity contribution in [2.24, 2.45) is 0 Å². The van der Waals surface area contributed by atoms with Crippen LogP contribution in [0.5, 0.6) is 0 Å². The Labute approximate surface area is 132 Å². The predicted molar refractivity (Wildman–Crippen MR) is 82.1 cm³/mol. The van der Waals surface area contributed by atoms with Gasteiger partial charge in [-0.25, -0.2) is 4.79 Å². The molecular weight excluding hydrogens is 302 g/mol. The van der Waals surface area contributed by atoms with Crippen LogP contribution in [0.4, 0.5) is 4.79 Å². The summed E-state index contributed by atoms with van der Waals surface area (Å²) in [5, 5.41) is 3.24. The monoisotopic (exact) mass is 315 g/mol. The molecule has 0 radical (unpaired) electrons. The summed E-state index contributed by atoms with van der Waals surface area (Å²) in [6.07, 6.45) is 1.59. The number of carbonyl (C=O) groups is 2. The Balaban J connectivity index is 1.91. The van der Waals surface area contributed by atoms with E-state index in [2.05, 4.69) is 10.3 Å². The van der Waals surface area contributed by atoms with E-state index in [9.17, 15) is 9.59 Å². The van der Waals surface area contributed by atoms with Crippen LogP contribution in [0.3, 0.4) is 0 Å². The number of halogens is 1. The summed E-state index contributed by atoms with van der Waals surface area (Å²) in [5.74, 6) is -0.337. The number of aromatic nitrogens is 1. The molecular formula is C16H14ClN3O2. The quantitative estimate of drug-likeness (QED) is 0.886. The van der Waals surface area contributed by atoms with Crippen molar-refractivity contribution in [1.82, 2.24) is 15.2 Å². The lowest BCUT2D eigenvalue weighted by Crippen LogP contribution is -2.41. The minimum atomic E-state index is -1.15. The molecule has 5 nitrogen and oxygen atoms in total. The summed E-state index contributed by atoms with van der Waals surface area (Å²) in [5.41, 5.74) is 0.0764. The fraction of sp³-hybridized carbons (Fsp3) is 0.188. The molecule has 1 aromatic heterocycles. The van der Waals surface area contributed by atoms with Gasteiger partial charge < -0.3 is 5.32 Å². The molecule has 1 atom stereocenters. The second kappa shape index (κ2) is 5.42. The van der Waals surface area contributed by atoms with Gasteiger partial charge in [0, 0.05) is 11.2 Å². The Bertz CT molecular complexity index is 735. The van der Waals surface area contributed by atoms with Crippen molar-refractivity contribution >= 4 is 23.5 Å². The molecule has 0 spiro atoms. The Morgan fingerprint density at radius 1 is 1.18 bits per heavy atom. The number of nitrogens with zero attached hydrogens (tertiary/aromatic N) is 2. The van der Waals surface area contributed by atoms with E-state index in [0.717, 1.165) is 10.5 Å². The van der Waals surface area contributed by atoms with E-state index in [-0.39, 0.29) is 12.5 Å². The van der Waals surface area contributed by atoms with Gasteiger partial charge in [0.05, 0.1) is 12.2 Å². The standard InChI is InChI=1S/C16H14ClN3O2/c1-16(13-8-4-5-9-18-13)14(21)20(15(22)19-16)10-11-6-2-3-7-12(11)17/h2-9H,10H2,1H3,(H,19,22)/t16-/m0/s1. The minimum Gasteiger partial charge on any atom is -0.318 e. The van der Waals surface area contributed by atoms with E-state index in [0.29, 0.717) is 10.7 Å². The third-order valence-corrected chi connectivity index (χ3v) is 4.11. The van der Waals surface area contributed by atoms with Crippen molar-refractivity contribution in [1.29, 1.82) is 0 Å². The first-order valence-electron chi connectivity index (χ1n) is 6.81. The highest BCUT2D eigenvalue weighted by atomic mass is 35.5. The molecule has 0 saturated carbocycles. The highest BCUT2D eigenvalue weighted by Crippen LogP contribution is 2.29. The van der Waals surface area contributed by atoms with Crippen molar-refractivity contribution in [3.8, 4) is 0 Å². The molecule has 2 heterocycles. The van der Waals surface area contributed by atoms with E-state index >= 15 is 0 Å². The van der Waals surface area contributed by atoms with Gasteiger partial charge in [0.15, 0.2) is 5.54 Å². The molecule has 22 heavy (non-hydrogen) atoms. The molecule has 2 aromatic rings. The van der Waals surface area contributed by atoms with Gasteiger partial charge in [-0.3, -0.25) is 14.7 Å². The number of pyridine rings is 1. The molecule has 3 amide bonds. The number of nitrogens with one attached hydrogen (secondary N) is 1. The fourth-order valence-corrected chi connectivity index (χ4v) is 2.67. The number of rotatable bonds is 3. The molecule has 1 aromatic carbocycles. The molecule has 6 heteroatoms. The molecule has 1 fully saturated rings.